The molecule has 2 aromatic carbocycles. The van der Waals surface area contributed by atoms with Crippen molar-refractivity contribution >= 4 is 23.5 Å². The highest BCUT2D eigenvalue weighted by molar-refractivity contribution is 6.31. The van der Waals surface area contributed by atoms with Gasteiger partial charge in [0.05, 0.1) is 7.11 Å². The van der Waals surface area contributed by atoms with E-state index in [1.807, 2.05) is 48.5 Å². The van der Waals surface area contributed by atoms with Gasteiger partial charge in [0.1, 0.15) is 11.4 Å². The normalized spacial score (nSPS) is 10.3. The Morgan fingerprint density at radius 2 is 1.78 bits per heavy atom. The fraction of sp³-hybridized carbons (Fsp3) is 0.150. The lowest BCUT2D eigenvalue weighted by atomic mass is 10.2. The predicted molar refractivity (Wildman–Crippen MR) is 105 cm³/mol. The molecule has 138 valence electrons. The number of amides is 1. The number of para-hydroxylation sites is 1. The molecule has 7 heteroatoms. The number of carbonyl (C=O) groups is 1. The van der Waals surface area contributed by atoms with Gasteiger partial charge in [0.2, 0.25) is 5.95 Å². The number of anilines is 1. The van der Waals surface area contributed by atoms with E-state index in [0.29, 0.717) is 24.1 Å². The van der Waals surface area contributed by atoms with Crippen LogP contribution in [0.15, 0.2) is 60.8 Å². The summed E-state index contributed by atoms with van der Waals surface area (Å²) in [4.78, 5) is 20.8. The Hall–Kier alpha value is -3.12. The number of nitrogens with one attached hydrogen (secondary N) is 2. The van der Waals surface area contributed by atoms with Crippen molar-refractivity contribution in [1.82, 2.24) is 15.3 Å². The molecule has 0 aliphatic heterocycles. The fourth-order valence-electron chi connectivity index (χ4n) is 2.50. The van der Waals surface area contributed by atoms with Gasteiger partial charge >= 0.3 is 0 Å². The van der Waals surface area contributed by atoms with E-state index >= 15 is 0 Å². The molecule has 0 spiro atoms. The molecule has 27 heavy (non-hydrogen) atoms. The number of methoxy groups -OCH3 is 1. The molecule has 0 saturated carbocycles. The Morgan fingerprint density at radius 3 is 2.56 bits per heavy atom. The van der Waals surface area contributed by atoms with Gasteiger partial charge in [0.25, 0.3) is 5.91 Å². The molecule has 1 heterocycles. The van der Waals surface area contributed by atoms with Gasteiger partial charge in [-0.3, -0.25) is 4.79 Å². The van der Waals surface area contributed by atoms with Gasteiger partial charge in [0, 0.05) is 29.9 Å². The molecule has 0 aliphatic rings. The van der Waals surface area contributed by atoms with Crippen molar-refractivity contribution in [2.24, 2.45) is 0 Å². The van der Waals surface area contributed by atoms with Crippen molar-refractivity contribution in [3.8, 4) is 5.75 Å². The minimum atomic E-state index is -0.288. The highest BCUT2D eigenvalue weighted by Gasteiger charge is 2.10. The predicted octanol–water partition coefficient (Wildman–Crippen LogP) is 3.68. The molecule has 0 saturated heterocycles. The van der Waals surface area contributed by atoms with Crippen molar-refractivity contribution < 1.29 is 9.53 Å². The summed E-state index contributed by atoms with van der Waals surface area (Å²) in [6, 6.07) is 16.6. The Kier molecular flexibility index (Phi) is 6.22. The largest absolute Gasteiger partial charge is 0.496 e. The van der Waals surface area contributed by atoms with E-state index in [2.05, 4.69) is 20.6 Å². The van der Waals surface area contributed by atoms with E-state index in [1.165, 1.54) is 0 Å². The average molecular weight is 383 g/mol. The van der Waals surface area contributed by atoms with Crippen LogP contribution in [0, 0.1) is 0 Å². The average Bonchev–Trinajstić information content (AvgIpc) is 2.72. The van der Waals surface area contributed by atoms with Gasteiger partial charge in [-0.05, 0) is 23.8 Å². The second-order valence-corrected chi connectivity index (χ2v) is 6.11. The molecule has 3 rings (SSSR count). The molecule has 1 amide bonds. The Bertz CT molecular complexity index is 933. The van der Waals surface area contributed by atoms with Crippen LogP contribution >= 0.6 is 11.6 Å². The summed E-state index contributed by atoms with van der Waals surface area (Å²) in [5.41, 5.74) is 2.09. The second-order valence-electron chi connectivity index (χ2n) is 5.70. The smallest absolute Gasteiger partial charge is 0.270 e. The standard InChI is InChI=1S/C20H19ClN4O2/c1-27-18-9-5-3-7-15(18)13-23-19(26)17-10-11-22-20(25-17)24-12-14-6-2-4-8-16(14)21/h2-11H,12-13H2,1H3,(H,23,26)(H,22,24,25). The van der Waals surface area contributed by atoms with Crippen LogP contribution < -0.4 is 15.4 Å². The molecular weight excluding hydrogens is 364 g/mol. The lowest BCUT2D eigenvalue weighted by Gasteiger charge is -2.10. The second kappa shape index (κ2) is 9.00. The first-order valence-electron chi connectivity index (χ1n) is 8.38. The van der Waals surface area contributed by atoms with Gasteiger partial charge in [-0.25, -0.2) is 9.97 Å². The molecule has 0 radical (unpaired) electrons. The molecule has 0 bridgehead atoms. The number of aromatic nitrogens is 2. The van der Waals surface area contributed by atoms with E-state index in [0.717, 1.165) is 16.9 Å². The van der Waals surface area contributed by atoms with Gasteiger partial charge in [0.15, 0.2) is 0 Å². The summed E-state index contributed by atoms with van der Waals surface area (Å²) in [5.74, 6) is 0.798. The van der Waals surface area contributed by atoms with Crippen molar-refractivity contribution in [1.29, 1.82) is 0 Å². The number of hydrogen-bond acceptors (Lipinski definition) is 5. The van der Waals surface area contributed by atoms with E-state index in [4.69, 9.17) is 16.3 Å². The lowest BCUT2D eigenvalue weighted by molar-refractivity contribution is 0.0945. The van der Waals surface area contributed by atoms with Crippen molar-refractivity contribution in [2.75, 3.05) is 12.4 Å². The lowest BCUT2D eigenvalue weighted by Crippen LogP contribution is -2.24. The van der Waals surface area contributed by atoms with Crippen LogP contribution in [0.2, 0.25) is 5.02 Å². The maximum atomic E-state index is 12.4. The number of benzene rings is 2. The van der Waals surface area contributed by atoms with Crippen molar-refractivity contribution in [2.45, 2.75) is 13.1 Å². The van der Waals surface area contributed by atoms with E-state index < -0.39 is 0 Å². The minimum Gasteiger partial charge on any atom is -0.496 e. The van der Waals surface area contributed by atoms with Crippen molar-refractivity contribution in [3.63, 3.8) is 0 Å². The number of carbonyl (C=O) groups excluding carboxylic acids is 1. The fourth-order valence-corrected chi connectivity index (χ4v) is 2.70. The van der Waals surface area contributed by atoms with Crippen LogP contribution in [0.3, 0.4) is 0 Å². The van der Waals surface area contributed by atoms with Crippen LogP contribution in [-0.2, 0) is 13.1 Å². The third kappa shape index (κ3) is 4.95. The SMILES string of the molecule is COc1ccccc1CNC(=O)c1ccnc(NCc2ccccc2Cl)n1. The molecular formula is C20H19ClN4O2. The van der Waals surface area contributed by atoms with E-state index in [9.17, 15) is 4.79 Å². The van der Waals surface area contributed by atoms with Gasteiger partial charge in [-0.1, -0.05) is 48.0 Å². The Balaban J connectivity index is 1.62. The Labute approximate surface area is 162 Å². The van der Waals surface area contributed by atoms with Crippen LogP contribution in [0.25, 0.3) is 0 Å². The zero-order valence-electron chi connectivity index (χ0n) is 14.8. The van der Waals surface area contributed by atoms with Gasteiger partial charge in [-0.2, -0.15) is 0 Å². The zero-order chi connectivity index (χ0) is 19.1. The highest BCUT2D eigenvalue weighted by Crippen LogP contribution is 2.17. The number of nitrogens with zero attached hydrogens (tertiary/aromatic N) is 2. The third-order valence-corrected chi connectivity index (χ3v) is 4.28. The first-order valence-corrected chi connectivity index (χ1v) is 8.75. The maximum Gasteiger partial charge on any atom is 0.270 e. The topological polar surface area (TPSA) is 76.1 Å². The van der Waals surface area contributed by atoms with Crippen molar-refractivity contribution in [3.05, 3.63) is 82.6 Å². The first kappa shape index (κ1) is 18.7. The molecule has 2 N–H and O–H groups in total. The number of ether oxygens (including phenoxy) is 1. The van der Waals surface area contributed by atoms with E-state index in [-0.39, 0.29) is 11.6 Å². The highest BCUT2D eigenvalue weighted by atomic mass is 35.5. The first-order chi connectivity index (χ1) is 13.2. The third-order valence-electron chi connectivity index (χ3n) is 3.91. The molecule has 3 aromatic rings. The van der Waals surface area contributed by atoms with Crippen LogP contribution in [0.4, 0.5) is 5.95 Å². The quantitative estimate of drug-likeness (QED) is 0.651. The van der Waals surface area contributed by atoms with Crippen LogP contribution in [0.1, 0.15) is 21.6 Å². The monoisotopic (exact) mass is 382 g/mol. The molecule has 6 nitrogen and oxygen atoms in total. The van der Waals surface area contributed by atoms with Crippen LogP contribution in [-0.4, -0.2) is 23.0 Å². The van der Waals surface area contributed by atoms with E-state index in [1.54, 1.807) is 19.4 Å². The summed E-state index contributed by atoms with van der Waals surface area (Å²) in [5, 5.41) is 6.59. The zero-order valence-corrected chi connectivity index (χ0v) is 15.5. The Morgan fingerprint density at radius 1 is 1.04 bits per heavy atom. The summed E-state index contributed by atoms with van der Waals surface area (Å²) in [6.07, 6.45) is 1.54. The number of hydrogen-bond donors (Lipinski definition) is 2. The molecule has 0 fully saturated rings. The summed E-state index contributed by atoms with van der Waals surface area (Å²) in [6.45, 7) is 0.807. The summed E-state index contributed by atoms with van der Waals surface area (Å²) in [7, 11) is 1.60. The minimum absolute atomic E-state index is 0.279. The summed E-state index contributed by atoms with van der Waals surface area (Å²) < 4.78 is 5.29. The number of rotatable bonds is 7. The molecule has 0 unspecified atom stereocenters. The summed E-state index contributed by atoms with van der Waals surface area (Å²) >= 11 is 6.14. The van der Waals surface area contributed by atoms with Gasteiger partial charge < -0.3 is 15.4 Å². The maximum absolute atomic E-state index is 12.4. The number of halogens is 1. The molecule has 0 aliphatic carbocycles. The van der Waals surface area contributed by atoms with Crippen LogP contribution in [0.5, 0.6) is 5.75 Å². The molecule has 1 aromatic heterocycles. The van der Waals surface area contributed by atoms with Gasteiger partial charge in [-0.15, -0.1) is 0 Å². The molecule has 0 atom stereocenters.